The second kappa shape index (κ2) is 5.86. The molecule has 0 radical (unpaired) electrons. The lowest BCUT2D eigenvalue weighted by Gasteiger charge is -2.20. The first-order valence-corrected chi connectivity index (χ1v) is 7.44. The van der Waals surface area contributed by atoms with E-state index in [1.54, 1.807) is 24.5 Å². The summed E-state index contributed by atoms with van der Waals surface area (Å²) in [7, 11) is 0. The summed E-state index contributed by atoms with van der Waals surface area (Å²) < 4.78 is 1.72. The quantitative estimate of drug-likeness (QED) is 0.936. The van der Waals surface area contributed by atoms with Crippen LogP contribution in [0.25, 0.3) is 11.3 Å². The summed E-state index contributed by atoms with van der Waals surface area (Å²) in [5.41, 5.74) is 2.36. The summed E-state index contributed by atoms with van der Waals surface area (Å²) >= 11 is 0. The molecule has 0 saturated heterocycles. The average Bonchev–Trinajstić information content (AvgIpc) is 2.45. The fourth-order valence-electron chi connectivity index (χ4n) is 2.52. The Morgan fingerprint density at radius 3 is 2.14 bits per heavy atom. The summed E-state index contributed by atoms with van der Waals surface area (Å²) in [5, 5.41) is 10.1. The van der Waals surface area contributed by atoms with Gasteiger partial charge in [0.2, 0.25) is 0 Å². The number of pyridine rings is 1. The monoisotopic (exact) mass is 285 g/mol. The van der Waals surface area contributed by atoms with Crippen molar-refractivity contribution < 1.29 is 5.11 Å². The van der Waals surface area contributed by atoms with Crippen LogP contribution in [0.2, 0.25) is 0 Å². The first kappa shape index (κ1) is 15.5. The first-order valence-electron chi connectivity index (χ1n) is 7.44. The van der Waals surface area contributed by atoms with Crippen LogP contribution >= 0.6 is 0 Å². The van der Waals surface area contributed by atoms with Crippen molar-refractivity contribution in [2.45, 2.75) is 46.3 Å². The fraction of sp³-hybridized carbons (Fsp3) is 0.389. The number of aryl methyl sites for hydroxylation is 1. The zero-order chi connectivity index (χ0) is 15.6. The van der Waals surface area contributed by atoms with Crippen LogP contribution in [0.4, 0.5) is 0 Å². The summed E-state index contributed by atoms with van der Waals surface area (Å²) in [4.78, 5) is 12.6. The van der Waals surface area contributed by atoms with Crippen molar-refractivity contribution in [2.24, 2.45) is 0 Å². The van der Waals surface area contributed by atoms with E-state index in [2.05, 4.69) is 19.1 Å². The minimum atomic E-state index is -1.13. The van der Waals surface area contributed by atoms with Gasteiger partial charge in [-0.2, -0.15) is 0 Å². The van der Waals surface area contributed by atoms with Crippen LogP contribution in [0.15, 0.2) is 41.2 Å². The molecule has 0 amide bonds. The number of aromatic nitrogens is 1. The van der Waals surface area contributed by atoms with Gasteiger partial charge in [0.05, 0.1) is 11.3 Å². The summed E-state index contributed by atoms with van der Waals surface area (Å²) in [5.74, 6) is 0. The largest absolute Gasteiger partial charge is 0.386 e. The molecular formula is C18H23NO2. The van der Waals surface area contributed by atoms with Crippen molar-refractivity contribution in [3.8, 4) is 11.3 Å². The van der Waals surface area contributed by atoms with Crippen molar-refractivity contribution in [2.75, 3.05) is 0 Å². The summed E-state index contributed by atoms with van der Waals surface area (Å²) in [6.45, 7) is 7.92. The molecule has 1 aromatic carbocycles. The third kappa shape index (κ3) is 3.08. The molecule has 1 heterocycles. The third-order valence-corrected chi connectivity index (χ3v) is 3.81. The lowest BCUT2D eigenvalue weighted by atomic mass is 9.98. The van der Waals surface area contributed by atoms with Crippen molar-refractivity contribution in [1.82, 2.24) is 4.57 Å². The zero-order valence-corrected chi connectivity index (χ0v) is 13.2. The highest BCUT2D eigenvalue weighted by atomic mass is 16.3. The first-order chi connectivity index (χ1) is 9.88. The second-order valence-corrected chi connectivity index (χ2v) is 5.79. The molecule has 1 aromatic heterocycles. The third-order valence-electron chi connectivity index (χ3n) is 3.81. The molecule has 0 aliphatic heterocycles. The maximum absolute atomic E-state index is 12.6. The van der Waals surface area contributed by atoms with Gasteiger partial charge >= 0.3 is 0 Å². The Labute approximate surface area is 125 Å². The van der Waals surface area contributed by atoms with E-state index < -0.39 is 5.60 Å². The van der Waals surface area contributed by atoms with Crippen LogP contribution in [-0.2, 0) is 18.6 Å². The predicted molar refractivity (Wildman–Crippen MR) is 86.4 cm³/mol. The molecule has 0 aliphatic carbocycles. The molecule has 1 N–H and O–H groups in total. The van der Waals surface area contributed by atoms with Gasteiger partial charge in [0.1, 0.15) is 0 Å². The highest BCUT2D eigenvalue weighted by Crippen LogP contribution is 2.22. The molecule has 2 rings (SSSR count). The van der Waals surface area contributed by atoms with E-state index in [1.807, 2.05) is 25.1 Å². The summed E-state index contributed by atoms with van der Waals surface area (Å²) in [6, 6.07) is 11.9. The molecule has 0 saturated carbocycles. The molecule has 0 aliphatic rings. The fourth-order valence-corrected chi connectivity index (χ4v) is 2.52. The minimum Gasteiger partial charge on any atom is -0.386 e. The highest BCUT2D eigenvalue weighted by molar-refractivity contribution is 5.60. The highest BCUT2D eigenvalue weighted by Gasteiger charge is 2.22. The Hall–Kier alpha value is -1.87. The van der Waals surface area contributed by atoms with Crippen LogP contribution < -0.4 is 5.56 Å². The lowest BCUT2D eigenvalue weighted by Crippen LogP contribution is -2.32. The minimum absolute atomic E-state index is 0.123. The number of hydrogen-bond acceptors (Lipinski definition) is 2. The number of benzene rings is 1. The molecule has 21 heavy (non-hydrogen) atoms. The Kier molecular flexibility index (Phi) is 4.33. The van der Waals surface area contributed by atoms with Crippen LogP contribution in [0.1, 0.15) is 38.8 Å². The molecule has 112 valence electrons. The molecule has 3 nitrogen and oxygen atoms in total. The van der Waals surface area contributed by atoms with Crippen molar-refractivity contribution in [3.63, 3.8) is 0 Å². The SMILES string of the molecule is CCc1ccc(-c2ccc(C(C)(C)O)c(=O)n2CC)cc1. The van der Waals surface area contributed by atoms with Gasteiger partial charge in [-0.05, 0) is 50.5 Å². The molecule has 0 spiro atoms. The van der Waals surface area contributed by atoms with Gasteiger partial charge in [-0.3, -0.25) is 4.79 Å². The van der Waals surface area contributed by atoms with Gasteiger partial charge in [0.15, 0.2) is 0 Å². The number of hydrogen-bond donors (Lipinski definition) is 1. The number of nitrogens with zero attached hydrogens (tertiary/aromatic N) is 1. The maximum Gasteiger partial charge on any atom is 0.257 e. The second-order valence-electron chi connectivity index (χ2n) is 5.79. The number of aliphatic hydroxyl groups is 1. The predicted octanol–water partition coefficient (Wildman–Crippen LogP) is 3.33. The van der Waals surface area contributed by atoms with Crippen molar-refractivity contribution >= 4 is 0 Å². The smallest absolute Gasteiger partial charge is 0.257 e. The van der Waals surface area contributed by atoms with Crippen LogP contribution in [-0.4, -0.2) is 9.67 Å². The van der Waals surface area contributed by atoms with E-state index in [9.17, 15) is 9.90 Å². The zero-order valence-electron chi connectivity index (χ0n) is 13.2. The molecule has 3 heteroatoms. The average molecular weight is 285 g/mol. The molecule has 0 unspecified atom stereocenters. The van der Waals surface area contributed by atoms with E-state index in [4.69, 9.17) is 0 Å². The van der Waals surface area contributed by atoms with Gasteiger partial charge in [0.25, 0.3) is 5.56 Å². The number of rotatable bonds is 4. The van der Waals surface area contributed by atoms with E-state index >= 15 is 0 Å². The van der Waals surface area contributed by atoms with E-state index in [0.29, 0.717) is 12.1 Å². The topological polar surface area (TPSA) is 42.2 Å². The van der Waals surface area contributed by atoms with E-state index in [-0.39, 0.29) is 5.56 Å². The van der Waals surface area contributed by atoms with E-state index in [0.717, 1.165) is 17.7 Å². The Morgan fingerprint density at radius 1 is 1.05 bits per heavy atom. The van der Waals surface area contributed by atoms with E-state index in [1.165, 1.54) is 5.56 Å². The van der Waals surface area contributed by atoms with Crippen molar-refractivity contribution in [3.05, 3.63) is 57.9 Å². The standard InChI is InChI=1S/C18H23NO2/c1-5-13-7-9-14(10-8-13)16-12-11-15(18(3,4)21)17(20)19(16)6-2/h7-12,21H,5-6H2,1-4H3. The summed E-state index contributed by atoms with van der Waals surface area (Å²) in [6.07, 6.45) is 0.999. The van der Waals surface area contributed by atoms with Crippen LogP contribution in [0.3, 0.4) is 0 Å². The molecular weight excluding hydrogens is 262 g/mol. The van der Waals surface area contributed by atoms with Crippen LogP contribution in [0, 0.1) is 0 Å². The molecule has 0 fully saturated rings. The lowest BCUT2D eigenvalue weighted by molar-refractivity contribution is 0.0765. The van der Waals surface area contributed by atoms with Gasteiger partial charge in [-0.15, -0.1) is 0 Å². The van der Waals surface area contributed by atoms with Crippen LogP contribution in [0.5, 0.6) is 0 Å². The van der Waals surface area contributed by atoms with Gasteiger partial charge in [-0.25, -0.2) is 0 Å². The Morgan fingerprint density at radius 2 is 1.67 bits per heavy atom. The normalized spacial score (nSPS) is 11.7. The molecule has 2 aromatic rings. The molecule has 0 atom stereocenters. The Balaban J connectivity index is 2.59. The Bertz CT molecular complexity index is 676. The van der Waals surface area contributed by atoms with Crippen molar-refractivity contribution in [1.29, 1.82) is 0 Å². The van der Waals surface area contributed by atoms with Gasteiger partial charge < -0.3 is 9.67 Å². The molecule has 0 bridgehead atoms. The van der Waals surface area contributed by atoms with Gasteiger partial charge in [0, 0.05) is 12.1 Å². The maximum atomic E-state index is 12.6. The van der Waals surface area contributed by atoms with Gasteiger partial charge in [-0.1, -0.05) is 31.2 Å².